The van der Waals surface area contributed by atoms with E-state index in [2.05, 4.69) is 15.0 Å². The molecule has 4 heterocycles. The number of allylic oxidation sites excluding steroid dienone is 1. The van der Waals surface area contributed by atoms with E-state index in [4.69, 9.17) is 21.1 Å². The summed E-state index contributed by atoms with van der Waals surface area (Å²) in [6, 6.07) is 0.00105. The molecule has 1 atom stereocenters. The van der Waals surface area contributed by atoms with Gasteiger partial charge in [0.2, 0.25) is 0 Å². The minimum absolute atomic E-state index is 0.00105. The number of aliphatic hydroxyl groups excluding tert-OH is 1. The first-order valence-corrected chi connectivity index (χ1v) is 9.35. The maximum atomic E-state index is 14.7. The predicted molar refractivity (Wildman–Crippen MR) is 98.4 cm³/mol. The van der Waals surface area contributed by atoms with Crippen LogP contribution in [0.1, 0.15) is 31.4 Å². The zero-order chi connectivity index (χ0) is 19.0. The normalized spacial score (nSPS) is 21.7. The van der Waals surface area contributed by atoms with Gasteiger partial charge in [0, 0.05) is 19.5 Å². The third-order valence-electron chi connectivity index (χ3n) is 4.73. The number of aryl methyl sites for hydroxylation is 1. The van der Waals surface area contributed by atoms with Gasteiger partial charge in [-0.25, -0.2) is 9.37 Å². The van der Waals surface area contributed by atoms with Crippen molar-refractivity contribution < 1.29 is 19.0 Å². The van der Waals surface area contributed by atoms with E-state index in [-0.39, 0.29) is 16.7 Å². The maximum absolute atomic E-state index is 14.7. The lowest BCUT2D eigenvalue weighted by Crippen LogP contribution is -2.39. The molecular formula is C18H20ClFN4O3. The Bertz CT molecular complexity index is 900. The van der Waals surface area contributed by atoms with Crippen molar-refractivity contribution in [3.05, 3.63) is 28.7 Å². The number of rotatable bonds is 3. The molecule has 2 aromatic rings. The van der Waals surface area contributed by atoms with E-state index >= 15 is 0 Å². The molecule has 0 spiro atoms. The third kappa shape index (κ3) is 3.64. The second-order valence-electron chi connectivity index (χ2n) is 6.75. The third-order valence-corrected chi connectivity index (χ3v) is 4.98. The van der Waals surface area contributed by atoms with Crippen LogP contribution in [0.4, 0.5) is 10.2 Å². The first kappa shape index (κ1) is 18.2. The molecule has 0 bridgehead atoms. The number of piperidine rings is 1. The van der Waals surface area contributed by atoms with Crippen LogP contribution in [0.25, 0.3) is 10.9 Å². The van der Waals surface area contributed by atoms with Crippen molar-refractivity contribution in [2.75, 3.05) is 24.6 Å². The van der Waals surface area contributed by atoms with E-state index in [9.17, 15) is 9.50 Å². The summed E-state index contributed by atoms with van der Waals surface area (Å²) in [6.45, 7) is 3.48. The summed E-state index contributed by atoms with van der Waals surface area (Å²) in [5.41, 5.74) is 0.578. The standard InChI is InChI=1S/C18H20ClFN4O3/c1-10-13-15(14(20)16(19)21-10)22-18(27-9-12-5-3-7-26-12)23-17(13)24-6-2-4-11(25)8-24/h9,11,25H,2-8H2,1H3/t11-/m1/s1. The summed E-state index contributed by atoms with van der Waals surface area (Å²) in [5, 5.41) is 10.3. The predicted octanol–water partition coefficient (Wildman–Crippen LogP) is 3.12. The molecule has 0 aliphatic carbocycles. The van der Waals surface area contributed by atoms with Gasteiger partial charge in [0.1, 0.15) is 23.4 Å². The number of aromatic nitrogens is 3. The van der Waals surface area contributed by atoms with Crippen LogP contribution in [0.15, 0.2) is 12.0 Å². The SMILES string of the molecule is Cc1nc(Cl)c(F)c2nc(OC=C3CCCO3)nc(N3CCC[C@@H](O)C3)c12. The number of anilines is 1. The zero-order valence-electron chi connectivity index (χ0n) is 14.9. The lowest BCUT2D eigenvalue weighted by molar-refractivity contribution is 0.154. The number of ether oxygens (including phenoxy) is 2. The van der Waals surface area contributed by atoms with Gasteiger partial charge in [-0.05, 0) is 26.2 Å². The number of hydrogen-bond acceptors (Lipinski definition) is 7. The first-order valence-electron chi connectivity index (χ1n) is 8.98. The van der Waals surface area contributed by atoms with Crippen molar-refractivity contribution in [3.8, 4) is 6.01 Å². The van der Waals surface area contributed by atoms with Crippen LogP contribution in [0.3, 0.4) is 0 Å². The van der Waals surface area contributed by atoms with E-state index < -0.39 is 11.9 Å². The van der Waals surface area contributed by atoms with Crippen molar-refractivity contribution in [1.82, 2.24) is 15.0 Å². The van der Waals surface area contributed by atoms with Crippen molar-refractivity contribution in [2.45, 2.75) is 38.7 Å². The Morgan fingerprint density at radius 2 is 2.19 bits per heavy atom. The topological polar surface area (TPSA) is 80.6 Å². The molecule has 0 saturated carbocycles. The van der Waals surface area contributed by atoms with Crippen LogP contribution in [-0.2, 0) is 4.74 Å². The van der Waals surface area contributed by atoms with Crippen LogP contribution < -0.4 is 9.64 Å². The molecule has 27 heavy (non-hydrogen) atoms. The molecule has 0 aromatic carbocycles. The largest absolute Gasteiger partial charge is 0.495 e. The van der Waals surface area contributed by atoms with E-state index in [0.717, 1.165) is 25.7 Å². The number of pyridine rings is 1. The van der Waals surface area contributed by atoms with Gasteiger partial charge in [0.15, 0.2) is 11.0 Å². The Morgan fingerprint density at radius 3 is 2.93 bits per heavy atom. The highest BCUT2D eigenvalue weighted by molar-refractivity contribution is 6.30. The van der Waals surface area contributed by atoms with Gasteiger partial charge in [-0.15, -0.1) is 0 Å². The molecule has 4 rings (SSSR count). The molecule has 0 radical (unpaired) electrons. The number of β-amino-alcohol motifs (C(OH)–C–C–N with tert-alkyl or cyclic N) is 1. The molecule has 144 valence electrons. The summed E-state index contributed by atoms with van der Waals surface area (Å²) in [4.78, 5) is 14.7. The fourth-order valence-corrected chi connectivity index (χ4v) is 3.65. The summed E-state index contributed by atoms with van der Waals surface area (Å²) in [5.74, 6) is 0.478. The monoisotopic (exact) mass is 394 g/mol. The molecule has 0 unspecified atom stereocenters. The highest BCUT2D eigenvalue weighted by atomic mass is 35.5. The zero-order valence-corrected chi connectivity index (χ0v) is 15.7. The average Bonchev–Trinajstić information content (AvgIpc) is 3.17. The molecule has 1 N–H and O–H groups in total. The quantitative estimate of drug-likeness (QED) is 0.632. The van der Waals surface area contributed by atoms with E-state index in [1.165, 1.54) is 6.26 Å². The molecule has 2 fully saturated rings. The summed E-state index contributed by atoms with van der Waals surface area (Å²) in [6.07, 6.45) is 4.23. The fraction of sp³-hybridized carbons (Fsp3) is 0.500. The summed E-state index contributed by atoms with van der Waals surface area (Å²) < 4.78 is 25.7. The number of hydrogen-bond donors (Lipinski definition) is 1. The van der Waals surface area contributed by atoms with Gasteiger partial charge >= 0.3 is 6.01 Å². The molecule has 7 nitrogen and oxygen atoms in total. The molecule has 2 saturated heterocycles. The van der Waals surface area contributed by atoms with Crippen LogP contribution in [-0.4, -0.2) is 45.9 Å². The van der Waals surface area contributed by atoms with Crippen molar-refractivity contribution in [3.63, 3.8) is 0 Å². The van der Waals surface area contributed by atoms with Crippen molar-refractivity contribution >= 4 is 28.3 Å². The van der Waals surface area contributed by atoms with Crippen molar-refractivity contribution in [1.29, 1.82) is 0 Å². The van der Waals surface area contributed by atoms with Gasteiger partial charge in [-0.3, -0.25) is 0 Å². The number of halogens is 2. The summed E-state index contributed by atoms with van der Waals surface area (Å²) >= 11 is 5.91. The minimum Gasteiger partial charge on any atom is -0.495 e. The molecule has 2 aromatic heterocycles. The number of fused-ring (bicyclic) bond motifs is 1. The van der Waals surface area contributed by atoms with Crippen LogP contribution in [0, 0.1) is 12.7 Å². The highest BCUT2D eigenvalue weighted by Crippen LogP contribution is 2.33. The Hall–Kier alpha value is -2.19. The Balaban J connectivity index is 1.82. The van der Waals surface area contributed by atoms with E-state index in [1.807, 2.05) is 4.90 Å². The highest BCUT2D eigenvalue weighted by Gasteiger charge is 2.25. The molecule has 2 aliphatic rings. The van der Waals surface area contributed by atoms with Crippen molar-refractivity contribution in [2.24, 2.45) is 0 Å². The van der Waals surface area contributed by atoms with Gasteiger partial charge in [0.25, 0.3) is 0 Å². The molecule has 2 aliphatic heterocycles. The minimum atomic E-state index is -0.715. The van der Waals surface area contributed by atoms with Gasteiger partial charge in [0.05, 0.1) is 23.8 Å². The Morgan fingerprint density at radius 1 is 1.33 bits per heavy atom. The van der Waals surface area contributed by atoms with Crippen LogP contribution in [0.2, 0.25) is 5.15 Å². The smallest absolute Gasteiger partial charge is 0.324 e. The first-order chi connectivity index (χ1) is 13.0. The van der Waals surface area contributed by atoms with Crippen LogP contribution >= 0.6 is 11.6 Å². The number of aliphatic hydroxyl groups is 1. The van der Waals surface area contributed by atoms with E-state index in [0.29, 0.717) is 42.4 Å². The fourth-order valence-electron chi connectivity index (χ4n) is 3.43. The number of nitrogens with zero attached hydrogens (tertiary/aromatic N) is 4. The second-order valence-corrected chi connectivity index (χ2v) is 7.11. The summed E-state index contributed by atoms with van der Waals surface area (Å²) in [7, 11) is 0. The maximum Gasteiger partial charge on any atom is 0.324 e. The second kappa shape index (κ2) is 7.44. The van der Waals surface area contributed by atoms with Gasteiger partial charge in [-0.2, -0.15) is 9.97 Å². The average molecular weight is 395 g/mol. The van der Waals surface area contributed by atoms with E-state index in [1.54, 1.807) is 6.92 Å². The Kier molecular flexibility index (Phi) is 5.01. The molecular weight excluding hydrogens is 375 g/mol. The molecule has 0 amide bonds. The lowest BCUT2D eigenvalue weighted by atomic mass is 10.1. The van der Waals surface area contributed by atoms with Gasteiger partial charge < -0.3 is 19.5 Å². The van der Waals surface area contributed by atoms with Gasteiger partial charge in [-0.1, -0.05) is 11.6 Å². The Labute approximate surface area is 160 Å². The van der Waals surface area contributed by atoms with Crippen LogP contribution in [0.5, 0.6) is 6.01 Å². The lowest BCUT2D eigenvalue weighted by Gasteiger charge is -2.32. The molecule has 9 heteroatoms.